The summed E-state index contributed by atoms with van der Waals surface area (Å²) in [7, 11) is 0. The van der Waals surface area contributed by atoms with Crippen LogP contribution in [0.15, 0.2) is 22.7 Å². The maximum atomic E-state index is 11.9. The van der Waals surface area contributed by atoms with Crippen LogP contribution >= 0.6 is 15.9 Å². The Morgan fingerprint density at radius 1 is 1.53 bits per heavy atom. The van der Waals surface area contributed by atoms with Gasteiger partial charge in [0, 0.05) is 16.7 Å². The molecule has 0 aromatic heterocycles. The molecule has 94 valence electrons. The molecule has 0 aliphatic carbocycles. The van der Waals surface area contributed by atoms with Crippen LogP contribution < -0.4 is 11.1 Å². The second-order valence-corrected chi connectivity index (χ2v) is 5.03. The summed E-state index contributed by atoms with van der Waals surface area (Å²) in [5, 5.41) is 2.91. The van der Waals surface area contributed by atoms with E-state index < -0.39 is 0 Å². The Bertz CT molecular complexity index is 393. The zero-order chi connectivity index (χ0) is 12.8. The van der Waals surface area contributed by atoms with E-state index in [4.69, 9.17) is 5.73 Å². The van der Waals surface area contributed by atoms with Gasteiger partial charge < -0.3 is 11.1 Å². The third kappa shape index (κ3) is 4.13. The number of carbonyl (C=O) groups is 1. The highest BCUT2D eigenvalue weighted by atomic mass is 79.9. The van der Waals surface area contributed by atoms with Crippen LogP contribution in [-0.2, 0) is 4.79 Å². The molecule has 1 rings (SSSR count). The third-order valence-electron chi connectivity index (χ3n) is 2.72. The lowest BCUT2D eigenvalue weighted by Gasteiger charge is -2.14. The molecule has 0 saturated carbocycles. The summed E-state index contributed by atoms with van der Waals surface area (Å²) in [6.45, 7) is 4.45. The highest BCUT2D eigenvalue weighted by Crippen LogP contribution is 2.20. The van der Waals surface area contributed by atoms with Crippen molar-refractivity contribution in [3.05, 3.63) is 28.2 Å². The molecule has 0 bridgehead atoms. The number of nitrogens with two attached hydrogens (primary N) is 1. The van der Waals surface area contributed by atoms with Crippen molar-refractivity contribution < 1.29 is 4.79 Å². The topological polar surface area (TPSA) is 55.1 Å². The van der Waals surface area contributed by atoms with E-state index in [0.717, 1.165) is 28.6 Å². The summed E-state index contributed by atoms with van der Waals surface area (Å²) in [6.07, 6.45) is 1.80. The number of carbonyl (C=O) groups excluding carboxylic acids is 1. The van der Waals surface area contributed by atoms with Crippen molar-refractivity contribution in [2.24, 2.45) is 11.7 Å². The summed E-state index contributed by atoms with van der Waals surface area (Å²) in [6, 6.07) is 5.76. The van der Waals surface area contributed by atoms with Crippen LogP contribution in [0, 0.1) is 12.8 Å². The molecule has 1 atom stereocenters. The summed E-state index contributed by atoms with van der Waals surface area (Å²) >= 11 is 3.43. The van der Waals surface area contributed by atoms with E-state index in [1.165, 1.54) is 0 Å². The molecule has 0 aliphatic heterocycles. The molecular weight excluding hydrogens is 280 g/mol. The van der Waals surface area contributed by atoms with Gasteiger partial charge in [-0.1, -0.05) is 29.3 Å². The lowest BCUT2D eigenvalue weighted by Crippen LogP contribution is -2.29. The Kier molecular flexibility index (Phi) is 5.65. The largest absolute Gasteiger partial charge is 0.330 e. The van der Waals surface area contributed by atoms with Crippen LogP contribution in [0.4, 0.5) is 5.69 Å². The predicted molar refractivity (Wildman–Crippen MR) is 75.0 cm³/mol. The van der Waals surface area contributed by atoms with Crippen LogP contribution in [0.2, 0.25) is 0 Å². The minimum Gasteiger partial charge on any atom is -0.330 e. The number of nitrogens with one attached hydrogen (secondary N) is 1. The minimum absolute atomic E-state index is 0.0103. The molecule has 1 unspecified atom stereocenters. The van der Waals surface area contributed by atoms with Crippen LogP contribution in [0.5, 0.6) is 0 Å². The van der Waals surface area contributed by atoms with Crippen LogP contribution in [0.1, 0.15) is 25.3 Å². The van der Waals surface area contributed by atoms with Crippen molar-refractivity contribution in [1.82, 2.24) is 0 Å². The fourth-order valence-electron chi connectivity index (χ4n) is 1.67. The standard InChI is InChI=1S/C13H19BrN2O/c1-3-4-10(8-15)13(17)16-11-5-6-12(14)9(2)7-11/h5-7,10H,3-4,8,15H2,1-2H3,(H,16,17). The quantitative estimate of drug-likeness (QED) is 0.878. The van der Waals surface area contributed by atoms with Gasteiger partial charge in [0.25, 0.3) is 0 Å². The molecule has 1 aromatic carbocycles. The third-order valence-corrected chi connectivity index (χ3v) is 3.61. The zero-order valence-corrected chi connectivity index (χ0v) is 11.9. The molecule has 17 heavy (non-hydrogen) atoms. The Hall–Kier alpha value is -0.870. The Morgan fingerprint density at radius 3 is 2.76 bits per heavy atom. The molecule has 3 nitrogen and oxygen atoms in total. The van der Waals surface area contributed by atoms with E-state index in [9.17, 15) is 4.79 Å². The van der Waals surface area contributed by atoms with Crippen LogP contribution in [-0.4, -0.2) is 12.5 Å². The SMILES string of the molecule is CCCC(CN)C(=O)Nc1ccc(Br)c(C)c1. The van der Waals surface area contributed by atoms with Gasteiger partial charge in [0.05, 0.1) is 5.92 Å². The van der Waals surface area contributed by atoms with Gasteiger partial charge in [-0.3, -0.25) is 4.79 Å². The first-order chi connectivity index (χ1) is 8.08. The van der Waals surface area contributed by atoms with Gasteiger partial charge in [-0.25, -0.2) is 0 Å². The predicted octanol–water partition coefficient (Wildman–Crippen LogP) is 3.07. The fraction of sp³-hybridized carbons (Fsp3) is 0.462. The van der Waals surface area contributed by atoms with E-state index in [-0.39, 0.29) is 11.8 Å². The van der Waals surface area contributed by atoms with Gasteiger partial charge in [0.15, 0.2) is 0 Å². The molecule has 0 heterocycles. The number of rotatable bonds is 5. The van der Waals surface area contributed by atoms with Crippen molar-refractivity contribution in [1.29, 1.82) is 0 Å². The van der Waals surface area contributed by atoms with Gasteiger partial charge in [-0.05, 0) is 37.1 Å². The number of aryl methyl sites for hydroxylation is 1. The molecule has 0 radical (unpaired) electrons. The summed E-state index contributed by atoms with van der Waals surface area (Å²) in [4.78, 5) is 11.9. The van der Waals surface area contributed by atoms with Crippen molar-refractivity contribution in [2.75, 3.05) is 11.9 Å². The number of hydrogen-bond acceptors (Lipinski definition) is 2. The summed E-state index contributed by atoms with van der Waals surface area (Å²) < 4.78 is 1.04. The van der Waals surface area contributed by atoms with Gasteiger partial charge in [-0.15, -0.1) is 0 Å². The molecule has 0 aliphatic rings. The van der Waals surface area contributed by atoms with E-state index >= 15 is 0 Å². The first-order valence-electron chi connectivity index (χ1n) is 5.85. The van der Waals surface area contributed by atoms with Crippen molar-refractivity contribution in [3.8, 4) is 0 Å². The molecule has 3 N–H and O–H groups in total. The van der Waals surface area contributed by atoms with Crippen LogP contribution in [0.3, 0.4) is 0 Å². The molecular formula is C13H19BrN2O. The van der Waals surface area contributed by atoms with Gasteiger partial charge in [0.1, 0.15) is 0 Å². The Morgan fingerprint density at radius 2 is 2.24 bits per heavy atom. The molecule has 0 spiro atoms. The highest BCUT2D eigenvalue weighted by Gasteiger charge is 2.15. The van der Waals surface area contributed by atoms with Gasteiger partial charge >= 0.3 is 0 Å². The van der Waals surface area contributed by atoms with Crippen LogP contribution in [0.25, 0.3) is 0 Å². The molecule has 0 saturated heterocycles. The van der Waals surface area contributed by atoms with Crippen molar-refractivity contribution in [3.63, 3.8) is 0 Å². The Balaban J connectivity index is 2.69. The van der Waals surface area contributed by atoms with Crippen molar-refractivity contribution >= 4 is 27.5 Å². The second kappa shape index (κ2) is 6.77. The first-order valence-corrected chi connectivity index (χ1v) is 6.64. The molecule has 4 heteroatoms. The van der Waals surface area contributed by atoms with E-state index in [0.29, 0.717) is 6.54 Å². The number of amides is 1. The number of hydrogen-bond donors (Lipinski definition) is 2. The highest BCUT2D eigenvalue weighted by molar-refractivity contribution is 9.10. The molecule has 0 fully saturated rings. The second-order valence-electron chi connectivity index (χ2n) is 4.17. The minimum atomic E-state index is -0.0936. The average molecular weight is 299 g/mol. The van der Waals surface area contributed by atoms with Crippen molar-refractivity contribution in [2.45, 2.75) is 26.7 Å². The monoisotopic (exact) mass is 298 g/mol. The maximum Gasteiger partial charge on any atom is 0.228 e. The van der Waals surface area contributed by atoms with Gasteiger partial charge in [-0.2, -0.15) is 0 Å². The summed E-state index contributed by atoms with van der Waals surface area (Å²) in [5.41, 5.74) is 7.52. The number of benzene rings is 1. The lowest BCUT2D eigenvalue weighted by atomic mass is 10.0. The fourth-order valence-corrected chi connectivity index (χ4v) is 1.92. The summed E-state index contributed by atoms with van der Waals surface area (Å²) in [5.74, 6) is -0.0833. The van der Waals surface area contributed by atoms with E-state index in [1.54, 1.807) is 0 Å². The molecule has 1 aromatic rings. The normalized spacial score (nSPS) is 12.2. The smallest absolute Gasteiger partial charge is 0.228 e. The Labute approximate surface area is 111 Å². The number of halogens is 1. The van der Waals surface area contributed by atoms with E-state index in [2.05, 4.69) is 28.2 Å². The first kappa shape index (κ1) is 14.2. The van der Waals surface area contributed by atoms with E-state index in [1.807, 2.05) is 25.1 Å². The van der Waals surface area contributed by atoms with Gasteiger partial charge in [0.2, 0.25) is 5.91 Å². The average Bonchev–Trinajstić information content (AvgIpc) is 2.30. The zero-order valence-electron chi connectivity index (χ0n) is 10.3. The lowest BCUT2D eigenvalue weighted by molar-refractivity contribution is -0.119. The molecule has 1 amide bonds. The number of anilines is 1. The maximum absolute atomic E-state index is 11.9.